The number of halogens is 1. The third-order valence-corrected chi connectivity index (χ3v) is 6.59. The normalized spacial score (nSPS) is 20.7. The van der Waals surface area contributed by atoms with Crippen molar-refractivity contribution in [3.05, 3.63) is 47.9 Å². The lowest BCUT2D eigenvalue weighted by molar-refractivity contribution is 0.222. The highest BCUT2D eigenvalue weighted by atomic mass is 32.2. The van der Waals surface area contributed by atoms with E-state index in [4.69, 9.17) is 4.74 Å². The summed E-state index contributed by atoms with van der Waals surface area (Å²) in [6.07, 6.45) is 3.79. The Bertz CT molecular complexity index is 970. The first-order valence-electron chi connectivity index (χ1n) is 9.38. The van der Waals surface area contributed by atoms with Gasteiger partial charge in [0.1, 0.15) is 10.7 Å². The monoisotopic (exact) mass is 420 g/mol. The van der Waals surface area contributed by atoms with Crippen LogP contribution in [0.3, 0.4) is 0 Å². The number of benzene rings is 1. The van der Waals surface area contributed by atoms with Crippen LogP contribution in [0.1, 0.15) is 25.8 Å². The van der Waals surface area contributed by atoms with Gasteiger partial charge < -0.3 is 4.74 Å². The molecule has 2 heterocycles. The number of piperidine rings is 1. The Morgan fingerprint density at radius 3 is 2.55 bits per heavy atom. The number of hydrogen-bond acceptors (Lipinski definition) is 6. The van der Waals surface area contributed by atoms with Gasteiger partial charge in [-0.25, -0.2) is 17.8 Å². The average Bonchev–Trinajstić information content (AvgIpc) is 2.68. The number of pyridine rings is 1. The van der Waals surface area contributed by atoms with E-state index in [1.165, 1.54) is 42.0 Å². The van der Waals surface area contributed by atoms with Crippen molar-refractivity contribution < 1.29 is 17.5 Å². The molecule has 0 saturated carbocycles. The van der Waals surface area contributed by atoms with E-state index >= 15 is 0 Å². The first-order valence-corrected chi connectivity index (χ1v) is 10.8. The van der Waals surface area contributed by atoms with Crippen molar-refractivity contribution in [1.29, 1.82) is 0 Å². The van der Waals surface area contributed by atoms with Crippen molar-refractivity contribution in [3.63, 3.8) is 0 Å². The van der Waals surface area contributed by atoms with E-state index in [0.29, 0.717) is 36.3 Å². The molecule has 2 atom stereocenters. The van der Waals surface area contributed by atoms with Crippen LogP contribution in [0, 0.1) is 17.7 Å². The maximum atomic E-state index is 13.7. The Kier molecular flexibility index (Phi) is 6.49. The maximum absolute atomic E-state index is 13.7. The third kappa shape index (κ3) is 5.10. The Morgan fingerprint density at radius 1 is 1.24 bits per heavy atom. The van der Waals surface area contributed by atoms with Crippen LogP contribution in [0.2, 0.25) is 0 Å². The Labute approximate surface area is 170 Å². The Balaban J connectivity index is 1.66. The minimum absolute atomic E-state index is 0.158. The van der Waals surface area contributed by atoms with Crippen molar-refractivity contribution in [2.24, 2.45) is 16.9 Å². The fourth-order valence-corrected chi connectivity index (χ4v) is 5.11. The highest BCUT2D eigenvalue weighted by Gasteiger charge is 2.31. The van der Waals surface area contributed by atoms with Gasteiger partial charge in [-0.2, -0.15) is 9.41 Å². The summed E-state index contributed by atoms with van der Waals surface area (Å²) in [5.74, 6) is 0.727. The molecule has 7 nitrogen and oxygen atoms in total. The van der Waals surface area contributed by atoms with Crippen LogP contribution in [-0.4, -0.2) is 44.1 Å². The minimum Gasteiger partial charge on any atom is -0.494 e. The van der Waals surface area contributed by atoms with Crippen LogP contribution in [0.15, 0.2) is 46.5 Å². The lowest BCUT2D eigenvalue weighted by Crippen LogP contribution is -2.42. The zero-order valence-electron chi connectivity index (χ0n) is 16.7. The van der Waals surface area contributed by atoms with Crippen LogP contribution >= 0.6 is 0 Å². The van der Waals surface area contributed by atoms with Crippen LogP contribution < -0.4 is 10.2 Å². The molecule has 29 heavy (non-hydrogen) atoms. The largest absolute Gasteiger partial charge is 0.494 e. The molecule has 156 valence electrons. The second-order valence-electron chi connectivity index (χ2n) is 7.41. The molecule has 9 heteroatoms. The maximum Gasteiger partial charge on any atom is 0.244 e. The van der Waals surface area contributed by atoms with E-state index in [-0.39, 0.29) is 10.6 Å². The minimum atomic E-state index is -3.57. The standard InChI is InChI=1S/C20H25FN4O3S/c1-14-8-15(2)13-25(12-14)29(26,27)17-5-7-20(22-11-17)24-23-10-16-4-6-19(28-3)18(21)9-16/h4-7,9-11,14-15H,8,12-13H2,1-3H3,(H,22,24)/b23-10-/t14-,15+. The number of nitrogens with one attached hydrogen (secondary N) is 1. The summed E-state index contributed by atoms with van der Waals surface area (Å²) in [6.45, 7) is 5.18. The van der Waals surface area contributed by atoms with Crippen molar-refractivity contribution in [3.8, 4) is 5.75 Å². The molecule has 1 aliphatic heterocycles. The SMILES string of the molecule is COc1ccc(/C=N\Nc2ccc(S(=O)(=O)N3C[C@H](C)C[C@H](C)C3)cn2)cc1F. The van der Waals surface area contributed by atoms with Crippen molar-refractivity contribution in [2.75, 3.05) is 25.6 Å². The van der Waals surface area contributed by atoms with Gasteiger partial charge in [0.15, 0.2) is 11.6 Å². The zero-order chi connectivity index (χ0) is 21.0. The lowest BCUT2D eigenvalue weighted by atomic mass is 9.94. The van der Waals surface area contributed by atoms with Gasteiger partial charge in [0.05, 0.1) is 13.3 Å². The summed E-state index contributed by atoms with van der Waals surface area (Å²) < 4.78 is 45.8. The number of methoxy groups -OCH3 is 1. The number of nitrogens with zero attached hydrogens (tertiary/aromatic N) is 3. The van der Waals surface area contributed by atoms with Gasteiger partial charge in [0, 0.05) is 19.3 Å². The number of hydrazone groups is 1. The molecule has 0 spiro atoms. The number of sulfonamides is 1. The van der Waals surface area contributed by atoms with Gasteiger partial charge in [-0.1, -0.05) is 13.8 Å². The molecule has 0 unspecified atom stereocenters. The van der Waals surface area contributed by atoms with E-state index in [1.54, 1.807) is 12.1 Å². The first kappa shape index (κ1) is 21.2. The van der Waals surface area contributed by atoms with Crippen LogP contribution in [0.5, 0.6) is 5.75 Å². The van der Waals surface area contributed by atoms with E-state index in [0.717, 1.165) is 6.42 Å². The van der Waals surface area contributed by atoms with E-state index in [9.17, 15) is 12.8 Å². The fraction of sp³-hybridized carbons (Fsp3) is 0.400. The Morgan fingerprint density at radius 2 is 1.97 bits per heavy atom. The highest BCUT2D eigenvalue weighted by Crippen LogP contribution is 2.26. The van der Waals surface area contributed by atoms with E-state index in [1.807, 2.05) is 0 Å². The van der Waals surface area contributed by atoms with E-state index < -0.39 is 15.8 Å². The topological polar surface area (TPSA) is 83.9 Å². The smallest absolute Gasteiger partial charge is 0.244 e. The van der Waals surface area contributed by atoms with Crippen LogP contribution in [0.4, 0.5) is 10.2 Å². The predicted molar refractivity (Wildman–Crippen MR) is 110 cm³/mol. The Hall–Kier alpha value is -2.52. The summed E-state index contributed by atoms with van der Waals surface area (Å²) in [6, 6.07) is 7.54. The molecule has 1 N–H and O–H groups in total. The number of rotatable bonds is 6. The zero-order valence-corrected chi connectivity index (χ0v) is 17.5. The fourth-order valence-electron chi connectivity index (χ4n) is 3.49. The van der Waals surface area contributed by atoms with Crippen LogP contribution in [0.25, 0.3) is 0 Å². The molecular weight excluding hydrogens is 395 g/mol. The predicted octanol–water partition coefficient (Wildman–Crippen LogP) is 3.34. The number of hydrogen-bond donors (Lipinski definition) is 1. The molecule has 1 saturated heterocycles. The van der Waals surface area contributed by atoms with Gasteiger partial charge in [0.25, 0.3) is 0 Å². The molecule has 1 aliphatic rings. The number of ether oxygens (including phenoxy) is 1. The second-order valence-corrected chi connectivity index (χ2v) is 9.35. The van der Waals surface area contributed by atoms with Gasteiger partial charge in [-0.3, -0.25) is 5.43 Å². The van der Waals surface area contributed by atoms with Crippen molar-refractivity contribution in [2.45, 2.75) is 25.2 Å². The molecule has 0 aliphatic carbocycles. The summed E-state index contributed by atoms with van der Waals surface area (Å²) in [5, 5.41) is 4.01. The number of aromatic nitrogens is 1. The summed E-state index contributed by atoms with van der Waals surface area (Å²) >= 11 is 0. The molecule has 1 aromatic heterocycles. The average molecular weight is 421 g/mol. The molecule has 0 bridgehead atoms. The summed E-state index contributed by atoms with van der Waals surface area (Å²) in [4.78, 5) is 4.29. The molecule has 1 fully saturated rings. The van der Waals surface area contributed by atoms with Gasteiger partial charge in [-0.05, 0) is 54.2 Å². The van der Waals surface area contributed by atoms with Gasteiger partial charge in [0.2, 0.25) is 10.0 Å². The molecule has 2 aromatic rings. The second kappa shape index (κ2) is 8.87. The molecule has 0 radical (unpaired) electrons. The van der Waals surface area contributed by atoms with Gasteiger partial charge in [-0.15, -0.1) is 0 Å². The molecule has 3 rings (SSSR count). The van der Waals surface area contributed by atoms with Crippen LogP contribution in [-0.2, 0) is 10.0 Å². The molecular formula is C20H25FN4O3S. The highest BCUT2D eigenvalue weighted by molar-refractivity contribution is 7.89. The first-order chi connectivity index (χ1) is 13.8. The third-order valence-electron chi connectivity index (χ3n) is 4.78. The number of anilines is 1. The molecule has 0 amide bonds. The molecule has 1 aromatic carbocycles. The quantitative estimate of drug-likeness (QED) is 0.572. The lowest BCUT2D eigenvalue weighted by Gasteiger charge is -2.33. The van der Waals surface area contributed by atoms with Gasteiger partial charge >= 0.3 is 0 Å². The summed E-state index contributed by atoms with van der Waals surface area (Å²) in [5.41, 5.74) is 3.25. The van der Waals surface area contributed by atoms with Crippen molar-refractivity contribution >= 4 is 22.1 Å². The van der Waals surface area contributed by atoms with Crippen molar-refractivity contribution in [1.82, 2.24) is 9.29 Å². The summed E-state index contributed by atoms with van der Waals surface area (Å²) in [7, 11) is -2.17. The van der Waals surface area contributed by atoms with E-state index in [2.05, 4.69) is 29.4 Å².